The number of pyridine rings is 1. The third-order valence-corrected chi connectivity index (χ3v) is 4.07. The Morgan fingerprint density at radius 2 is 2.19 bits per heavy atom. The van der Waals surface area contributed by atoms with Crippen LogP contribution in [0.3, 0.4) is 0 Å². The number of nitrogens with one attached hydrogen (secondary N) is 1. The lowest BCUT2D eigenvalue weighted by molar-refractivity contribution is 0.322. The highest BCUT2D eigenvalue weighted by atomic mass is 14.9. The lowest BCUT2D eigenvalue weighted by atomic mass is 9.79. The molecule has 86 valence electrons. The summed E-state index contributed by atoms with van der Waals surface area (Å²) in [4.78, 5) is 4.64. The van der Waals surface area contributed by atoms with Crippen molar-refractivity contribution in [3.05, 3.63) is 29.6 Å². The van der Waals surface area contributed by atoms with Gasteiger partial charge in [0.15, 0.2) is 0 Å². The van der Waals surface area contributed by atoms with Crippen LogP contribution in [0.5, 0.6) is 0 Å². The topological polar surface area (TPSA) is 24.9 Å². The first-order valence-electron chi connectivity index (χ1n) is 6.62. The monoisotopic (exact) mass is 216 g/mol. The number of hydrogen-bond acceptors (Lipinski definition) is 2. The van der Waals surface area contributed by atoms with Gasteiger partial charge in [0.25, 0.3) is 0 Å². The van der Waals surface area contributed by atoms with E-state index in [1.54, 1.807) is 0 Å². The Hall–Kier alpha value is -0.890. The molecular weight excluding hydrogens is 196 g/mol. The maximum Gasteiger partial charge on any atom is 0.0481 e. The molecule has 0 bridgehead atoms. The zero-order valence-electron chi connectivity index (χ0n) is 9.78. The summed E-state index contributed by atoms with van der Waals surface area (Å²) >= 11 is 0. The van der Waals surface area contributed by atoms with Gasteiger partial charge in [-0.05, 0) is 50.3 Å². The van der Waals surface area contributed by atoms with Crippen LogP contribution in [0.25, 0.3) is 0 Å². The van der Waals surface area contributed by atoms with E-state index in [4.69, 9.17) is 0 Å². The van der Waals surface area contributed by atoms with Gasteiger partial charge >= 0.3 is 0 Å². The number of fused-ring (bicyclic) bond motifs is 1. The average Bonchev–Trinajstić information content (AvgIpc) is 2.39. The molecule has 1 aliphatic carbocycles. The van der Waals surface area contributed by atoms with Gasteiger partial charge in [-0.15, -0.1) is 0 Å². The largest absolute Gasteiger partial charge is 0.313 e. The third-order valence-electron chi connectivity index (χ3n) is 4.07. The van der Waals surface area contributed by atoms with Gasteiger partial charge in [0.1, 0.15) is 0 Å². The van der Waals surface area contributed by atoms with Crippen molar-refractivity contribution in [2.75, 3.05) is 6.54 Å². The van der Waals surface area contributed by atoms with E-state index < -0.39 is 0 Å². The van der Waals surface area contributed by atoms with Gasteiger partial charge in [-0.3, -0.25) is 4.98 Å². The second kappa shape index (κ2) is 4.54. The third kappa shape index (κ3) is 1.86. The fourth-order valence-electron chi connectivity index (χ4n) is 3.26. The summed E-state index contributed by atoms with van der Waals surface area (Å²) in [7, 11) is 0. The number of hydrogen-bond donors (Lipinski definition) is 1. The molecule has 2 aliphatic rings. The molecular formula is C14H20N2. The SMILES string of the molecule is c1cnc2c(c1)CCCC2C1CCCCN1. The van der Waals surface area contributed by atoms with Crippen LogP contribution in [0.1, 0.15) is 49.3 Å². The molecule has 1 N–H and O–H groups in total. The first-order chi connectivity index (χ1) is 7.95. The molecule has 0 amide bonds. The molecule has 1 aliphatic heterocycles. The number of aryl methyl sites for hydroxylation is 1. The summed E-state index contributed by atoms with van der Waals surface area (Å²) < 4.78 is 0. The van der Waals surface area contributed by atoms with Crippen molar-refractivity contribution in [1.29, 1.82) is 0 Å². The molecule has 2 nitrogen and oxygen atoms in total. The molecule has 2 heteroatoms. The van der Waals surface area contributed by atoms with Crippen molar-refractivity contribution in [3.63, 3.8) is 0 Å². The van der Waals surface area contributed by atoms with Crippen LogP contribution < -0.4 is 5.32 Å². The fraction of sp³-hybridized carbons (Fsp3) is 0.643. The van der Waals surface area contributed by atoms with E-state index in [-0.39, 0.29) is 0 Å². The lowest BCUT2D eigenvalue weighted by Gasteiger charge is -2.34. The van der Waals surface area contributed by atoms with Crippen LogP contribution in [0.4, 0.5) is 0 Å². The van der Waals surface area contributed by atoms with E-state index in [2.05, 4.69) is 22.4 Å². The Bertz CT molecular complexity index is 356. The Balaban J connectivity index is 1.86. The van der Waals surface area contributed by atoms with Gasteiger partial charge in [-0.1, -0.05) is 12.5 Å². The van der Waals surface area contributed by atoms with Crippen molar-refractivity contribution in [1.82, 2.24) is 10.3 Å². The van der Waals surface area contributed by atoms with E-state index in [0.717, 1.165) is 0 Å². The molecule has 1 fully saturated rings. The van der Waals surface area contributed by atoms with Crippen LogP contribution in [0.2, 0.25) is 0 Å². The summed E-state index contributed by atoms with van der Waals surface area (Å²) in [6.07, 6.45) is 9.91. The van der Waals surface area contributed by atoms with Gasteiger partial charge in [-0.2, -0.15) is 0 Å². The lowest BCUT2D eigenvalue weighted by Crippen LogP contribution is -2.40. The Morgan fingerprint density at radius 1 is 1.19 bits per heavy atom. The second-order valence-corrected chi connectivity index (χ2v) is 5.10. The number of nitrogens with zero attached hydrogens (tertiary/aromatic N) is 1. The highest BCUT2D eigenvalue weighted by Crippen LogP contribution is 2.34. The normalized spacial score (nSPS) is 29.8. The summed E-state index contributed by atoms with van der Waals surface area (Å²) in [5, 5.41) is 3.69. The second-order valence-electron chi connectivity index (χ2n) is 5.10. The number of piperidine rings is 1. The predicted molar refractivity (Wildman–Crippen MR) is 65.6 cm³/mol. The van der Waals surface area contributed by atoms with Crippen LogP contribution >= 0.6 is 0 Å². The van der Waals surface area contributed by atoms with Crippen molar-refractivity contribution in [3.8, 4) is 0 Å². The van der Waals surface area contributed by atoms with Crippen LogP contribution in [-0.4, -0.2) is 17.6 Å². The molecule has 16 heavy (non-hydrogen) atoms. The minimum atomic E-state index is 0.672. The Kier molecular flexibility index (Phi) is 2.92. The van der Waals surface area contributed by atoms with Gasteiger partial charge < -0.3 is 5.32 Å². The minimum Gasteiger partial charge on any atom is -0.313 e. The molecule has 3 rings (SSSR count). The van der Waals surface area contributed by atoms with Crippen molar-refractivity contribution >= 4 is 0 Å². The summed E-state index contributed by atoms with van der Waals surface area (Å²) in [5.74, 6) is 0.672. The minimum absolute atomic E-state index is 0.672. The Labute approximate surface area is 97.5 Å². The van der Waals surface area contributed by atoms with E-state index in [1.165, 1.54) is 56.3 Å². The molecule has 2 heterocycles. The number of aromatic nitrogens is 1. The van der Waals surface area contributed by atoms with Gasteiger partial charge in [0.2, 0.25) is 0 Å². The fourth-order valence-corrected chi connectivity index (χ4v) is 3.26. The maximum absolute atomic E-state index is 4.64. The quantitative estimate of drug-likeness (QED) is 0.780. The van der Waals surface area contributed by atoms with Crippen LogP contribution in [0.15, 0.2) is 18.3 Å². The average molecular weight is 216 g/mol. The van der Waals surface area contributed by atoms with E-state index >= 15 is 0 Å². The highest BCUT2D eigenvalue weighted by Gasteiger charge is 2.29. The summed E-state index contributed by atoms with van der Waals surface area (Å²) in [6.45, 7) is 1.20. The summed E-state index contributed by atoms with van der Waals surface area (Å²) in [6, 6.07) is 5.02. The molecule has 0 radical (unpaired) electrons. The predicted octanol–water partition coefficient (Wildman–Crippen LogP) is 2.64. The molecule has 1 aromatic heterocycles. The molecule has 0 spiro atoms. The Morgan fingerprint density at radius 3 is 3.06 bits per heavy atom. The van der Waals surface area contributed by atoms with E-state index in [1.807, 2.05) is 6.20 Å². The van der Waals surface area contributed by atoms with Gasteiger partial charge in [0, 0.05) is 23.9 Å². The molecule has 1 saturated heterocycles. The number of rotatable bonds is 1. The van der Waals surface area contributed by atoms with Gasteiger partial charge in [0.05, 0.1) is 0 Å². The van der Waals surface area contributed by atoms with E-state index in [0.29, 0.717) is 12.0 Å². The first-order valence-corrected chi connectivity index (χ1v) is 6.62. The van der Waals surface area contributed by atoms with E-state index in [9.17, 15) is 0 Å². The molecule has 2 unspecified atom stereocenters. The maximum atomic E-state index is 4.64. The first kappa shape index (κ1) is 10.3. The van der Waals surface area contributed by atoms with Crippen molar-refractivity contribution < 1.29 is 0 Å². The standard InChI is InChI=1S/C14H20N2/c1-2-9-15-13(8-1)12-7-3-5-11-6-4-10-16-14(11)12/h4,6,10,12-13,15H,1-3,5,7-9H2. The molecule has 0 aromatic carbocycles. The van der Waals surface area contributed by atoms with Crippen LogP contribution in [0, 0.1) is 0 Å². The van der Waals surface area contributed by atoms with Gasteiger partial charge in [-0.25, -0.2) is 0 Å². The van der Waals surface area contributed by atoms with Crippen molar-refractivity contribution in [2.45, 2.75) is 50.5 Å². The van der Waals surface area contributed by atoms with Crippen LogP contribution in [-0.2, 0) is 6.42 Å². The molecule has 1 aromatic rings. The zero-order valence-corrected chi connectivity index (χ0v) is 9.78. The van der Waals surface area contributed by atoms with Crippen molar-refractivity contribution in [2.24, 2.45) is 0 Å². The molecule has 0 saturated carbocycles. The molecule has 2 atom stereocenters. The highest BCUT2D eigenvalue weighted by molar-refractivity contribution is 5.27. The summed E-state index contributed by atoms with van der Waals surface area (Å²) in [5.41, 5.74) is 2.87. The zero-order chi connectivity index (χ0) is 10.8. The smallest absolute Gasteiger partial charge is 0.0481 e.